The third-order valence-electron chi connectivity index (χ3n) is 2.70. The summed E-state index contributed by atoms with van der Waals surface area (Å²) in [5, 5.41) is 12.5. The molecule has 0 saturated heterocycles. The second-order valence-corrected chi connectivity index (χ2v) is 4.71. The van der Waals surface area contributed by atoms with Crippen molar-refractivity contribution in [2.45, 2.75) is 13.3 Å². The molecule has 0 radical (unpaired) electrons. The number of nitrogens with zero attached hydrogens (tertiary/aromatic N) is 1. The quantitative estimate of drug-likeness (QED) is 0.863. The van der Waals surface area contributed by atoms with Crippen molar-refractivity contribution in [1.82, 2.24) is 0 Å². The van der Waals surface area contributed by atoms with Gasteiger partial charge in [-0.05, 0) is 48.9 Å². The monoisotopic (exact) mass is 286 g/mol. The Morgan fingerprint density at radius 1 is 1.20 bits per heavy atom. The zero-order chi connectivity index (χ0) is 14.4. The standard InChI is InChI=1S/C16H15ClN2O/c1-2-9-20-14-6-4-13(5-7-14)19-16-8-3-12(11-18)10-15(16)17/h3-8,10,19H,2,9H2,1H3. The summed E-state index contributed by atoms with van der Waals surface area (Å²) < 4.78 is 5.52. The van der Waals surface area contributed by atoms with E-state index in [0.29, 0.717) is 17.2 Å². The van der Waals surface area contributed by atoms with Crippen molar-refractivity contribution in [3.63, 3.8) is 0 Å². The average molecular weight is 287 g/mol. The Labute approximate surface area is 123 Å². The Morgan fingerprint density at radius 3 is 2.55 bits per heavy atom. The first-order valence-electron chi connectivity index (χ1n) is 6.42. The van der Waals surface area contributed by atoms with E-state index in [0.717, 1.165) is 23.5 Å². The Balaban J connectivity index is 2.08. The maximum Gasteiger partial charge on any atom is 0.119 e. The lowest BCUT2D eigenvalue weighted by Crippen LogP contribution is -1.95. The van der Waals surface area contributed by atoms with Crippen molar-refractivity contribution < 1.29 is 4.74 Å². The maximum absolute atomic E-state index is 8.80. The third kappa shape index (κ3) is 3.66. The van der Waals surface area contributed by atoms with E-state index in [1.54, 1.807) is 18.2 Å². The van der Waals surface area contributed by atoms with Gasteiger partial charge in [-0.3, -0.25) is 0 Å². The van der Waals surface area contributed by atoms with Crippen LogP contribution in [-0.2, 0) is 0 Å². The molecule has 0 saturated carbocycles. The van der Waals surface area contributed by atoms with Crippen LogP contribution >= 0.6 is 11.6 Å². The molecular weight excluding hydrogens is 272 g/mol. The highest BCUT2D eigenvalue weighted by molar-refractivity contribution is 6.33. The molecule has 2 rings (SSSR count). The Kier molecular flexibility index (Phi) is 4.86. The summed E-state index contributed by atoms with van der Waals surface area (Å²) in [5.41, 5.74) is 2.23. The van der Waals surface area contributed by atoms with Crippen molar-refractivity contribution in [3.8, 4) is 11.8 Å². The van der Waals surface area contributed by atoms with E-state index in [1.165, 1.54) is 0 Å². The molecule has 0 atom stereocenters. The van der Waals surface area contributed by atoms with Crippen LogP contribution in [0.3, 0.4) is 0 Å². The van der Waals surface area contributed by atoms with E-state index in [-0.39, 0.29) is 0 Å². The van der Waals surface area contributed by atoms with Gasteiger partial charge >= 0.3 is 0 Å². The van der Waals surface area contributed by atoms with Gasteiger partial charge in [0.15, 0.2) is 0 Å². The molecule has 0 fully saturated rings. The van der Waals surface area contributed by atoms with Crippen molar-refractivity contribution in [2.75, 3.05) is 11.9 Å². The first kappa shape index (κ1) is 14.2. The molecule has 0 aliphatic heterocycles. The Morgan fingerprint density at radius 2 is 1.95 bits per heavy atom. The summed E-state index contributed by atoms with van der Waals surface area (Å²) in [5.74, 6) is 0.850. The van der Waals surface area contributed by atoms with E-state index in [2.05, 4.69) is 18.3 Å². The van der Waals surface area contributed by atoms with E-state index in [9.17, 15) is 0 Å². The van der Waals surface area contributed by atoms with Gasteiger partial charge in [0.05, 0.1) is 28.9 Å². The molecule has 102 valence electrons. The molecule has 3 nitrogen and oxygen atoms in total. The number of ether oxygens (including phenoxy) is 1. The third-order valence-corrected chi connectivity index (χ3v) is 3.02. The first-order chi connectivity index (χ1) is 9.72. The minimum atomic E-state index is 0.523. The van der Waals surface area contributed by atoms with Gasteiger partial charge in [0, 0.05) is 5.69 Å². The van der Waals surface area contributed by atoms with E-state index < -0.39 is 0 Å². The molecule has 4 heteroatoms. The molecule has 0 unspecified atom stereocenters. The van der Waals surface area contributed by atoms with Gasteiger partial charge in [0.1, 0.15) is 5.75 Å². The molecule has 2 aromatic carbocycles. The largest absolute Gasteiger partial charge is 0.494 e. The van der Waals surface area contributed by atoms with Crippen molar-refractivity contribution in [3.05, 3.63) is 53.1 Å². The molecule has 0 bridgehead atoms. The fourth-order valence-corrected chi connectivity index (χ4v) is 1.92. The predicted octanol–water partition coefficient (Wildman–Crippen LogP) is 4.74. The molecule has 0 heterocycles. The summed E-state index contributed by atoms with van der Waals surface area (Å²) in [6, 6.07) is 14.9. The van der Waals surface area contributed by atoms with Crippen LogP contribution < -0.4 is 10.1 Å². The zero-order valence-electron chi connectivity index (χ0n) is 11.2. The molecule has 0 spiro atoms. The summed E-state index contributed by atoms with van der Waals surface area (Å²) in [7, 11) is 0. The van der Waals surface area contributed by atoms with Crippen molar-refractivity contribution in [2.24, 2.45) is 0 Å². The van der Waals surface area contributed by atoms with Crippen LogP contribution in [0.2, 0.25) is 5.02 Å². The normalized spacial score (nSPS) is 9.85. The molecule has 1 N–H and O–H groups in total. The van der Waals surface area contributed by atoms with Crippen LogP contribution in [0.5, 0.6) is 5.75 Å². The van der Waals surface area contributed by atoms with Crippen LogP contribution in [0, 0.1) is 11.3 Å². The number of rotatable bonds is 5. The molecule has 0 aliphatic rings. The minimum Gasteiger partial charge on any atom is -0.494 e. The van der Waals surface area contributed by atoms with Crippen molar-refractivity contribution in [1.29, 1.82) is 5.26 Å². The van der Waals surface area contributed by atoms with Crippen LogP contribution in [0.25, 0.3) is 0 Å². The van der Waals surface area contributed by atoms with Crippen LogP contribution in [0.4, 0.5) is 11.4 Å². The second kappa shape index (κ2) is 6.83. The second-order valence-electron chi connectivity index (χ2n) is 4.30. The van der Waals surface area contributed by atoms with Gasteiger partial charge in [-0.2, -0.15) is 5.26 Å². The van der Waals surface area contributed by atoms with E-state index >= 15 is 0 Å². The number of hydrogen-bond donors (Lipinski definition) is 1. The highest BCUT2D eigenvalue weighted by Gasteiger charge is 2.02. The number of benzene rings is 2. The summed E-state index contributed by atoms with van der Waals surface area (Å²) in [4.78, 5) is 0. The van der Waals surface area contributed by atoms with Gasteiger partial charge in [0.2, 0.25) is 0 Å². The number of halogens is 1. The first-order valence-corrected chi connectivity index (χ1v) is 6.80. The highest BCUT2D eigenvalue weighted by Crippen LogP contribution is 2.27. The molecule has 0 aliphatic carbocycles. The van der Waals surface area contributed by atoms with Gasteiger partial charge in [-0.25, -0.2) is 0 Å². The van der Waals surface area contributed by atoms with Gasteiger partial charge < -0.3 is 10.1 Å². The summed E-state index contributed by atoms with van der Waals surface area (Å²) in [6.45, 7) is 2.79. The summed E-state index contributed by atoms with van der Waals surface area (Å²) >= 11 is 6.12. The van der Waals surface area contributed by atoms with Gasteiger partial charge in [-0.1, -0.05) is 18.5 Å². The topological polar surface area (TPSA) is 45.0 Å². The zero-order valence-corrected chi connectivity index (χ0v) is 11.9. The minimum absolute atomic E-state index is 0.523. The lowest BCUT2D eigenvalue weighted by molar-refractivity contribution is 0.317. The lowest BCUT2D eigenvalue weighted by atomic mass is 10.2. The Bertz CT molecular complexity index is 617. The Hall–Kier alpha value is -2.18. The van der Waals surface area contributed by atoms with Crippen molar-refractivity contribution >= 4 is 23.0 Å². The average Bonchev–Trinajstić information content (AvgIpc) is 2.48. The molecule has 2 aromatic rings. The molecular formula is C16H15ClN2O. The predicted molar refractivity (Wildman–Crippen MR) is 81.7 cm³/mol. The number of nitriles is 1. The van der Waals surface area contributed by atoms with Crippen LogP contribution in [0.1, 0.15) is 18.9 Å². The fraction of sp³-hybridized carbons (Fsp3) is 0.188. The van der Waals surface area contributed by atoms with E-state index in [4.69, 9.17) is 21.6 Å². The van der Waals surface area contributed by atoms with Gasteiger partial charge in [-0.15, -0.1) is 0 Å². The lowest BCUT2D eigenvalue weighted by Gasteiger charge is -2.10. The summed E-state index contributed by atoms with van der Waals surface area (Å²) in [6.07, 6.45) is 0.987. The molecule has 20 heavy (non-hydrogen) atoms. The smallest absolute Gasteiger partial charge is 0.119 e. The number of hydrogen-bond acceptors (Lipinski definition) is 3. The highest BCUT2D eigenvalue weighted by atomic mass is 35.5. The molecule has 0 aromatic heterocycles. The van der Waals surface area contributed by atoms with E-state index in [1.807, 2.05) is 24.3 Å². The maximum atomic E-state index is 8.80. The van der Waals surface area contributed by atoms with Crippen LogP contribution in [-0.4, -0.2) is 6.61 Å². The SMILES string of the molecule is CCCOc1ccc(Nc2ccc(C#N)cc2Cl)cc1. The fourth-order valence-electron chi connectivity index (χ4n) is 1.70. The molecule has 0 amide bonds. The van der Waals surface area contributed by atoms with Crippen LogP contribution in [0.15, 0.2) is 42.5 Å². The number of anilines is 2. The van der Waals surface area contributed by atoms with Gasteiger partial charge in [0.25, 0.3) is 0 Å². The number of nitrogens with one attached hydrogen (secondary N) is 1.